The Balaban J connectivity index is 1.28. The lowest BCUT2D eigenvalue weighted by Crippen LogP contribution is -2.33. The predicted molar refractivity (Wildman–Crippen MR) is 110 cm³/mol. The van der Waals surface area contributed by atoms with E-state index in [0.29, 0.717) is 11.8 Å². The zero-order chi connectivity index (χ0) is 19.8. The summed E-state index contributed by atoms with van der Waals surface area (Å²) in [5.41, 5.74) is 1.91. The van der Waals surface area contributed by atoms with Crippen molar-refractivity contribution in [2.45, 2.75) is 57.9 Å². The molecule has 0 saturated carbocycles. The van der Waals surface area contributed by atoms with Gasteiger partial charge >= 0.3 is 0 Å². The monoisotopic (exact) mass is 395 g/mol. The zero-order valence-corrected chi connectivity index (χ0v) is 17.3. The van der Waals surface area contributed by atoms with Crippen molar-refractivity contribution < 1.29 is 4.42 Å². The van der Waals surface area contributed by atoms with Gasteiger partial charge in [-0.25, -0.2) is 4.98 Å². The molecule has 29 heavy (non-hydrogen) atoms. The van der Waals surface area contributed by atoms with Crippen LogP contribution in [0.4, 0.5) is 5.82 Å². The van der Waals surface area contributed by atoms with Crippen LogP contribution in [0.1, 0.15) is 68.6 Å². The standard InChI is InChI=1S/C21H29N7O/c1-15(2)20-17(22-14-29-20)13-26-11-7-16(8-12-26)21-24-23-18-5-6-19(25-28(18)21)27-9-3-4-10-27/h5-6,14-16H,3-4,7-13H2,1-2H3. The minimum absolute atomic E-state index is 0.364. The first kappa shape index (κ1) is 18.5. The van der Waals surface area contributed by atoms with E-state index in [9.17, 15) is 0 Å². The molecular weight excluding hydrogens is 366 g/mol. The molecule has 154 valence electrons. The van der Waals surface area contributed by atoms with E-state index in [1.54, 1.807) is 6.39 Å². The minimum Gasteiger partial charge on any atom is -0.448 e. The fourth-order valence-corrected chi connectivity index (χ4v) is 4.59. The third-order valence-electron chi connectivity index (χ3n) is 6.23. The van der Waals surface area contributed by atoms with E-state index < -0.39 is 0 Å². The van der Waals surface area contributed by atoms with Gasteiger partial charge in [0.25, 0.3) is 0 Å². The molecule has 5 heterocycles. The Hall–Kier alpha value is -2.48. The molecule has 8 heteroatoms. The Labute approximate surface area is 170 Å². The molecular formula is C21H29N7O. The minimum atomic E-state index is 0.364. The highest BCUT2D eigenvalue weighted by Gasteiger charge is 2.27. The van der Waals surface area contributed by atoms with Gasteiger partial charge in [0.05, 0.1) is 5.69 Å². The summed E-state index contributed by atoms with van der Waals surface area (Å²) in [4.78, 5) is 9.26. The molecule has 0 aliphatic carbocycles. The molecule has 2 aliphatic heterocycles. The summed E-state index contributed by atoms with van der Waals surface area (Å²) < 4.78 is 7.55. The van der Waals surface area contributed by atoms with Crippen molar-refractivity contribution in [1.29, 1.82) is 0 Å². The Morgan fingerprint density at radius 3 is 2.62 bits per heavy atom. The average Bonchev–Trinajstić information content (AvgIpc) is 3.48. The number of fused-ring (bicyclic) bond motifs is 1. The first-order chi connectivity index (χ1) is 14.2. The topological polar surface area (TPSA) is 75.6 Å². The van der Waals surface area contributed by atoms with Crippen molar-refractivity contribution in [2.24, 2.45) is 0 Å². The number of likely N-dealkylation sites (tertiary alicyclic amines) is 1. The van der Waals surface area contributed by atoms with Crippen LogP contribution in [-0.2, 0) is 6.54 Å². The van der Waals surface area contributed by atoms with Crippen molar-refractivity contribution in [3.63, 3.8) is 0 Å². The van der Waals surface area contributed by atoms with E-state index in [2.05, 4.69) is 44.9 Å². The highest BCUT2D eigenvalue weighted by molar-refractivity contribution is 5.46. The van der Waals surface area contributed by atoms with E-state index >= 15 is 0 Å². The molecule has 8 nitrogen and oxygen atoms in total. The number of anilines is 1. The number of aromatic nitrogens is 5. The Bertz CT molecular complexity index is 964. The molecule has 0 N–H and O–H groups in total. The molecule has 2 aliphatic rings. The summed E-state index contributed by atoms with van der Waals surface area (Å²) in [6.45, 7) is 9.38. The number of piperidine rings is 1. The summed E-state index contributed by atoms with van der Waals surface area (Å²) >= 11 is 0. The average molecular weight is 396 g/mol. The van der Waals surface area contributed by atoms with Gasteiger partial charge in [-0.15, -0.1) is 15.3 Å². The lowest BCUT2D eigenvalue weighted by atomic mass is 9.96. The van der Waals surface area contributed by atoms with Gasteiger partial charge < -0.3 is 9.32 Å². The number of hydrogen-bond donors (Lipinski definition) is 0. The first-order valence-corrected chi connectivity index (χ1v) is 10.8. The third-order valence-corrected chi connectivity index (χ3v) is 6.23. The highest BCUT2D eigenvalue weighted by Crippen LogP contribution is 2.29. The number of nitrogens with zero attached hydrogens (tertiary/aromatic N) is 7. The molecule has 0 bridgehead atoms. The van der Waals surface area contributed by atoms with Crippen molar-refractivity contribution in [3.8, 4) is 0 Å². The van der Waals surface area contributed by atoms with E-state index in [0.717, 1.165) is 74.3 Å². The van der Waals surface area contributed by atoms with E-state index in [-0.39, 0.29) is 0 Å². The molecule has 3 aromatic rings. The summed E-state index contributed by atoms with van der Waals surface area (Å²) in [5.74, 6) is 3.81. The van der Waals surface area contributed by atoms with Crippen LogP contribution >= 0.6 is 0 Å². The van der Waals surface area contributed by atoms with Gasteiger partial charge in [-0.1, -0.05) is 13.8 Å². The quantitative estimate of drug-likeness (QED) is 0.656. The molecule has 0 unspecified atom stereocenters. The molecule has 2 fully saturated rings. The normalized spacial score (nSPS) is 19.1. The predicted octanol–water partition coefficient (Wildman–Crippen LogP) is 3.22. The molecule has 2 saturated heterocycles. The van der Waals surface area contributed by atoms with Crippen LogP contribution in [0.2, 0.25) is 0 Å². The smallest absolute Gasteiger partial charge is 0.181 e. The third kappa shape index (κ3) is 3.61. The van der Waals surface area contributed by atoms with Gasteiger partial charge in [-0.2, -0.15) is 4.52 Å². The summed E-state index contributed by atoms with van der Waals surface area (Å²) in [5, 5.41) is 13.8. The van der Waals surface area contributed by atoms with Crippen LogP contribution in [0.5, 0.6) is 0 Å². The van der Waals surface area contributed by atoms with Crippen LogP contribution in [0.15, 0.2) is 22.9 Å². The Kier molecular flexibility index (Phi) is 4.95. The molecule has 0 aromatic carbocycles. The fourth-order valence-electron chi connectivity index (χ4n) is 4.59. The van der Waals surface area contributed by atoms with Gasteiger partial charge in [-0.05, 0) is 50.9 Å². The van der Waals surface area contributed by atoms with Crippen molar-refractivity contribution in [3.05, 3.63) is 35.8 Å². The van der Waals surface area contributed by atoms with Crippen molar-refractivity contribution >= 4 is 11.5 Å². The van der Waals surface area contributed by atoms with E-state index in [1.165, 1.54) is 12.8 Å². The highest BCUT2D eigenvalue weighted by atomic mass is 16.3. The Morgan fingerprint density at radius 2 is 1.86 bits per heavy atom. The zero-order valence-electron chi connectivity index (χ0n) is 17.3. The van der Waals surface area contributed by atoms with Gasteiger partial charge in [0.15, 0.2) is 17.9 Å². The van der Waals surface area contributed by atoms with Gasteiger partial charge in [0.2, 0.25) is 0 Å². The fraction of sp³-hybridized carbons (Fsp3) is 0.619. The van der Waals surface area contributed by atoms with Crippen LogP contribution in [-0.4, -0.2) is 55.9 Å². The summed E-state index contributed by atoms with van der Waals surface area (Å²) in [6, 6.07) is 4.12. The van der Waals surface area contributed by atoms with Crippen LogP contribution in [0.25, 0.3) is 5.65 Å². The number of oxazole rings is 1. The molecule has 0 atom stereocenters. The van der Waals surface area contributed by atoms with E-state index in [4.69, 9.17) is 9.52 Å². The van der Waals surface area contributed by atoms with E-state index in [1.807, 2.05) is 10.6 Å². The van der Waals surface area contributed by atoms with Crippen LogP contribution < -0.4 is 4.90 Å². The van der Waals surface area contributed by atoms with Crippen LogP contribution in [0, 0.1) is 0 Å². The lowest BCUT2D eigenvalue weighted by molar-refractivity contribution is 0.197. The molecule has 5 rings (SSSR count). The molecule has 0 radical (unpaired) electrons. The SMILES string of the molecule is CC(C)c1ocnc1CN1CCC(c2nnc3ccc(N4CCCC4)nn23)CC1. The van der Waals surface area contributed by atoms with Crippen molar-refractivity contribution in [1.82, 2.24) is 29.7 Å². The maximum atomic E-state index is 5.58. The van der Waals surface area contributed by atoms with Gasteiger partial charge in [0, 0.05) is 31.5 Å². The lowest BCUT2D eigenvalue weighted by Gasteiger charge is -2.30. The second kappa shape index (κ2) is 7.74. The van der Waals surface area contributed by atoms with Crippen molar-refractivity contribution in [2.75, 3.05) is 31.1 Å². The summed E-state index contributed by atoms with van der Waals surface area (Å²) in [7, 11) is 0. The number of hydrogen-bond acceptors (Lipinski definition) is 7. The van der Waals surface area contributed by atoms with Gasteiger partial charge in [-0.3, -0.25) is 4.90 Å². The summed E-state index contributed by atoms with van der Waals surface area (Å²) in [6.07, 6.45) is 6.19. The molecule has 0 spiro atoms. The maximum Gasteiger partial charge on any atom is 0.181 e. The molecule has 3 aromatic heterocycles. The second-order valence-electron chi connectivity index (χ2n) is 8.58. The molecule has 0 amide bonds. The Morgan fingerprint density at radius 1 is 1.07 bits per heavy atom. The second-order valence-corrected chi connectivity index (χ2v) is 8.58. The van der Waals surface area contributed by atoms with Crippen LogP contribution in [0.3, 0.4) is 0 Å². The maximum absolute atomic E-state index is 5.58. The largest absolute Gasteiger partial charge is 0.448 e. The number of rotatable bonds is 5. The first-order valence-electron chi connectivity index (χ1n) is 10.8. The van der Waals surface area contributed by atoms with Gasteiger partial charge in [0.1, 0.15) is 11.6 Å².